The second-order valence-corrected chi connectivity index (χ2v) is 3.13. The minimum absolute atomic E-state index is 0.555. The molecule has 2 rings (SSSR count). The van der Waals surface area contributed by atoms with Crippen molar-refractivity contribution >= 4 is 16.9 Å². The Hall–Kier alpha value is -1.65. The number of nitrogens with two attached hydrogens (primary N) is 1. The van der Waals surface area contributed by atoms with Crippen LogP contribution in [0.4, 0.5) is 5.82 Å². The number of aromatic nitrogens is 4. The van der Waals surface area contributed by atoms with E-state index in [-0.39, 0.29) is 0 Å². The highest BCUT2D eigenvalue weighted by Gasteiger charge is 2.10. The zero-order valence-electron chi connectivity index (χ0n) is 8.33. The number of aromatic amines is 1. The van der Waals surface area contributed by atoms with Crippen LogP contribution >= 0.6 is 0 Å². The number of nitrogen functional groups attached to an aromatic ring is 1. The number of nitrogens with zero attached hydrogens (tertiary/aromatic N) is 3. The lowest BCUT2D eigenvalue weighted by molar-refractivity contribution is 0.907. The van der Waals surface area contributed by atoms with Gasteiger partial charge in [0, 0.05) is 6.42 Å². The number of aryl methyl sites for hydroxylation is 2. The standard InChI is InChI=1S/C9H13N5/c1-3-5-7-8(10)13-14-9(7)12-6(4-2)11-5/h3-4H2,1-2H3,(H3,10,11,12,13,14). The van der Waals surface area contributed by atoms with E-state index in [0.29, 0.717) is 11.5 Å². The SMILES string of the molecule is CCc1nc(CC)c2c(N)[nH]nc2n1. The van der Waals surface area contributed by atoms with Crippen molar-refractivity contribution in [3.8, 4) is 0 Å². The number of fused-ring (bicyclic) bond motifs is 1. The van der Waals surface area contributed by atoms with Gasteiger partial charge in [0.05, 0.1) is 11.1 Å². The smallest absolute Gasteiger partial charge is 0.186 e. The predicted molar refractivity (Wildman–Crippen MR) is 54.9 cm³/mol. The summed E-state index contributed by atoms with van der Waals surface area (Å²) < 4.78 is 0. The number of hydrogen-bond donors (Lipinski definition) is 2. The van der Waals surface area contributed by atoms with Gasteiger partial charge >= 0.3 is 0 Å². The van der Waals surface area contributed by atoms with Gasteiger partial charge in [-0.15, -0.1) is 0 Å². The van der Waals surface area contributed by atoms with Crippen LogP contribution in [0.3, 0.4) is 0 Å². The maximum Gasteiger partial charge on any atom is 0.186 e. The molecule has 0 radical (unpaired) electrons. The van der Waals surface area contributed by atoms with Crippen molar-refractivity contribution in [2.24, 2.45) is 0 Å². The minimum Gasteiger partial charge on any atom is -0.383 e. The monoisotopic (exact) mass is 191 g/mol. The van der Waals surface area contributed by atoms with Gasteiger partial charge in [-0.3, -0.25) is 5.10 Å². The molecule has 5 nitrogen and oxygen atoms in total. The Bertz CT molecular complexity index is 459. The van der Waals surface area contributed by atoms with E-state index < -0.39 is 0 Å². The Morgan fingerprint density at radius 3 is 2.64 bits per heavy atom. The van der Waals surface area contributed by atoms with Gasteiger partial charge in [0.2, 0.25) is 0 Å². The molecule has 14 heavy (non-hydrogen) atoms. The highest BCUT2D eigenvalue weighted by molar-refractivity contribution is 5.87. The quantitative estimate of drug-likeness (QED) is 0.743. The Kier molecular flexibility index (Phi) is 2.07. The maximum absolute atomic E-state index is 5.75. The van der Waals surface area contributed by atoms with Crippen LogP contribution in [0, 0.1) is 0 Å². The van der Waals surface area contributed by atoms with Crippen molar-refractivity contribution in [1.29, 1.82) is 0 Å². The summed E-state index contributed by atoms with van der Waals surface area (Å²) in [5.41, 5.74) is 7.39. The van der Waals surface area contributed by atoms with E-state index in [2.05, 4.69) is 20.2 Å². The molecule has 3 N–H and O–H groups in total. The fourth-order valence-electron chi connectivity index (χ4n) is 1.48. The molecule has 0 aliphatic carbocycles. The lowest BCUT2D eigenvalue weighted by atomic mass is 10.2. The van der Waals surface area contributed by atoms with Crippen molar-refractivity contribution in [3.05, 3.63) is 11.5 Å². The fraction of sp³-hybridized carbons (Fsp3) is 0.444. The van der Waals surface area contributed by atoms with Crippen molar-refractivity contribution < 1.29 is 0 Å². The summed E-state index contributed by atoms with van der Waals surface area (Å²) in [6, 6.07) is 0. The van der Waals surface area contributed by atoms with E-state index in [1.165, 1.54) is 0 Å². The van der Waals surface area contributed by atoms with Crippen molar-refractivity contribution in [3.63, 3.8) is 0 Å². The van der Waals surface area contributed by atoms with E-state index in [9.17, 15) is 0 Å². The van der Waals surface area contributed by atoms with Gasteiger partial charge in [-0.2, -0.15) is 5.10 Å². The highest BCUT2D eigenvalue weighted by Crippen LogP contribution is 2.20. The number of rotatable bonds is 2. The topological polar surface area (TPSA) is 80.5 Å². The predicted octanol–water partition coefficient (Wildman–Crippen LogP) is 1.06. The second-order valence-electron chi connectivity index (χ2n) is 3.13. The molecule has 0 spiro atoms. The lowest BCUT2D eigenvalue weighted by Gasteiger charge is -2.01. The lowest BCUT2D eigenvalue weighted by Crippen LogP contribution is -1.99. The Morgan fingerprint density at radius 1 is 1.21 bits per heavy atom. The van der Waals surface area contributed by atoms with Crippen LogP contribution in [0.25, 0.3) is 11.0 Å². The summed E-state index contributed by atoms with van der Waals surface area (Å²) in [5, 5.41) is 7.63. The van der Waals surface area contributed by atoms with E-state index in [4.69, 9.17) is 5.73 Å². The Morgan fingerprint density at radius 2 is 2.00 bits per heavy atom. The summed E-state index contributed by atoms with van der Waals surface area (Å²) in [4.78, 5) is 8.71. The van der Waals surface area contributed by atoms with Crippen LogP contribution in [0.15, 0.2) is 0 Å². The summed E-state index contributed by atoms with van der Waals surface area (Å²) in [6.45, 7) is 4.07. The molecule has 0 amide bonds. The van der Waals surface area contributed by atoms with Gasteiger partial charge in [-0.1, -0.05) is 13.8 Å². The van der Waals surface area contributed by atoms with Gasteiger partial charge in [-0.05, 0) is 6.42 Å². The zero-order chi connectivity index (χ0) is 10.1. The van der Waals surface area contributed by atoms with Crippen LogP contribution in [0.1, 0.15) is 25.4 Å². The molecule has 0 unspecified atom stereocenters. The molecule has 2 heterocycles. The van der Waals surface area contributed by atoms with Crippen LogP contribution in [-0.2, 0) is 12.8 Å². The third kappa shape index (κ3) is 1.21. The van der Waals surface area contributed by atoms with E-state index in [0.717, 1.165) is 29.7 Å². The van der Waals surface area contributed by atoms with Crippen LogP contribution in [-0.4, -0.2) is 20.2 Å². The first-order valence-corrected chi connectivity index (χ1v) is 4.75. The third-order valence-electron chi connectivity index (χ3n) is 2.21. The van der Waals surface area contributed by atoms with E-state index >= 15 is 0 Å². The van der Waals surface area contributed by atoms with Crippen LogP contribution < -0.4 is 5.73 Å². The number of H-pyrrole nitrogens is 1. The van der Waals surface area contributed by atoms with Gasteiger partial charge in [-0.25, -0.2) is 9.97 Å². The second kappa shape index (κ2) is 3.25. The molecule has 74 valence electrons. The normalized spacial score (nSPS) is 11.0. The van der Waals surface area contributed by atoms with Gasteiger partial charge in [0.1, 0.15) is 11.6 Å². The molecule has 0 aliphatic rings. The molecule has 0 atom stereocenters. The number of nitrogens with one attached hydrogen (secondary N) is 1. The van der Waals surface area contributed by atoms with E-state index in [1.807, 2.05) is 13.8 Å². The Labute approximate surface area is 81.7 Å². The van der Waals surface area contributed by atoms with Gasteiger partial charge in [0.15, 0.2) is 5.65 Å². The molecule has 0 saturated heterocycles. The molecule has 5 heteroatoms. The largest absolute Gasteiger partial charge is 0.383 e. The average molecular weight is 191 g/mol. The molecule has 0 fully saturated rings. The minimum atomic E-state index is 0.555. The summed E-state index contributed by atoms with van der Waals surface area (Å²) in [7, 11) is 0. The maximum atomic E-state index is 5.75. The first-order chi connectivity index (χ1) is 6.76. The van der Waals surface area contributed by atoms with Crippen molar-refractivity contribution in [2.75, 3.05) is 5.73 Å². The first kappa shape index (κ1) is 8.93. The molecule has 2 aromatic rings. The molecule has 0 bridgehead atoms. The summed E-state index contributed by atoms with van der Waals surface area (Å²) >= 11 is 0. The third-order valence-corrected chi connectivity index (χ3v) is 2.21. The molecule has 0 aliphatic heterocycles. The fourth-order valence-corrected chi connectivity index (χ4v) is 1.48. The number of hydrogen-bond acceptors (Lipinski definition) is 4. The average Bonchev–Trinajstić information content (AvgIpc) is 2.59. The summed E-state index contributed by atoms with van der Waals surface area (Å²) in [5.74, 6) is 1.38. The van der Waals surface area contributed by atoms with Crippen molar-refractivity contribution in [1.82, 2.24) is 20.2 Å². The summed E-state index contributed by atoms with van der Waals surface area (Å²) in [6.07, 6.45) is 1.66. The highest BCUT2D eigenvalue weighted by atomic mass is 15.2. The molecular formula is C9H13N5. The van der Waals surface area contributed by atoms with Crippen LogP contribution in [0.2, 0.25) is 0 Å². The van der Waals surface area contributed by atoms with Gasteiger partial charge < -0.3 is 5.73 Å². The molecule has 0 aromatic carbocycles. The van der Waals surface area contributed by atoms with Crippen LogP contribution in [0.5, 0.6) is 0 Å². The van der Waals surface area contributed by atoms with E-state index in [1.54, 1.807) is 0 Å². The zero-order valence-corrected chi connectivity index (χ0v) is 8.33. The molecule has 2 aromatic heterocycles. The van der Waals surface area contributed by atoms with Crippen molar-refractivity contribution in [2.45, 2.75) is 26.7 Å². The molecule has 0 saturated carbocycles. The van der Waals surface area contributed by atoms with Gasteiger partial charge in [0.25, 0.3) is 0 Å². The Balaban J connectivity index is 2.76. The first-order valence-electron chi connectivity index (χ1n) is 4.75. The number of anilines is 1. The molecular weight excluding hydrogens is 178 g/mol.